The first-order valence-corrected chi connectivity index (χ1v) is 11.9. The standard InChI is InChI=1S/C28H24ClN3O5/c1-4-37-28(36)19-6-5-7-21(15-19)31-25(33)18-9-11-20(12-10-18)30-24-23(29)26(34)32(27(24)35)22-13-8-16(2)17(3)14-22/h5-15,30H,4H2,1-3H3,(H,31,33). The Balaban J connectivity index is 1.45. The van der Waals surface area contributed by atoms with E-state index in [1.807, 2.05) is 19.9 Å². The summed E-state index contributed by atoms with van der Waals surface area (Å²) in [4.78, 5) is 51.4. The topological polar surface area (TPSA) is 105 Å². The maximum absolute atomic E-state index is 13.0. The number of rotatable bonds is 7. The van der Waals surface area contributed by atoms with Crippen molar-refractivity contribution in [2.45, 2.75) is 20.8 Å². The number of hydrogen-bond acceptors (Lipinski definition) is 6. The lowest BCUT2D eigenvalue weighted by Crippen LogP contribution is -2.32. The molecule has 3 aromatic rings. The lowest BCUT2D eigenvalue weighted by molar-refractivity contribution is -0.120. The van der Waals surface area contributed by atoms with Crippen LogP contribution in [0.1, 0.15) is 38.8 Å². The summed E-state index contributed by atoms with van der Waals surface area (Å²) in [6.07, 6.45) is 0. The molecule has 8 nitrogen and oxygen atoms in total. The molecule has 1 aliphatic heterocycles. The first-order chi connectivity index (χ1) is 17.7. The van der Waals surface area contributed by atoms with Crippen LogP contribution in [-0.2, 0) is 14.3 Å². The number of benzene rings is 3. The largest absolute Gasteiger partial charge is 0.462 e. The molecule has 0 unspecified atom stereocenters. The molecule has 3 aromatic carbocycles. The van der Waals surface area contributed by atoms with E-state index in [1.165, 1.54) is 6.07 Å². The fourth-order valence-electron chi connectivity index (χ4n) is 3.70. The molecule has 1 heterocycles. The van der Waals surface area contributed by atoms with E-state index in [-0.39, 0.29) is 17.3 Å². The monoisotopic (exact) mass is 517 g/mol. The molecule has 0 radical (unpaired) electrons. The van der Waals surface area contributed by atoms with Crippen LogP contribution in [0.3, 0.4) is 0 Å². The van der Waals surface area contributed by atoms with E-state index in [0.29, 0.717) is 28.2 Å². The van der Waals surface area contributed by atoms with Gasteiger partial charge in [0.05, 0.1) is 17.9 Å². The summed E-state index contributed by atoms with van der Waals surface area (Å²) < 4.78 is 4.98. The van der Waals surface area contributed by atoms with Crippen LogP contribution in [0.25, 0.3) is 0 Å². The first kappa shape index (κ1) is 25.7. The summed E-state index contributed by atoms with van der Waals surface area (Å²) in [5.74, 6) is -2.05. The van der Waals surface area contributed by atoms with Crippen LogP contribution in [-0.4, -0.2) is 30.3 Å². The molecule has 0 atom stereocenters. The van der Waals surface area contributed by atoms with Gasteiger partial charge in [0.2, 0.25) is 0 Å². The zero-order valence-electron chi connectivity index (χ0n) is 20.4. The van der Waals surface area contributed by atoms with Crippen molar-refractivity contribution in [2.24, 2.45) is 0 Å². The second-order valence-corrected chi connectivity index (χ2v) is 8.74. The highest BCUT2D eigenvalue weighted by Gasteiger charge is 2.39. The number of hydrogen-bond donors (Lipinski definition) is 2. The van der Waals surface area contributed by atoms with Crippen LogP contribution < -0.4 is 15.5 Å². The zero-order chi connectivity index (χ0) is 26.7. The van der Waals surface area contributed by atoms with Gasteiger partial charge in [-0.2, -0.15) is 0 Å². The van der Waals surface area contributed by atoms with Gasteiger partial charge in [-0.1, -0.05) is 23.7 Å². The maximum atomic E-state index is 13.0. The number of amides is 3. The Morgan fingerprint density at radius 2 is 1.59 bits per heavy atom. The van der Waals surface area contributed by atoms with Crippen molar-refractivity contribution in [3.63, 3.8) is 0 Å². The van der Waals surface area contributed by atoms with Crippen LogP contribution in [0.2, 0.25) is 0 Å². The lowest BCUT2D eigenvalue weighted by Gasteiger charge is -2.16. The highest BCUT2D eigenvalue weighted by Crippen LogP contribution is 2.31. The Kier molecular flexibility index (Phi) is 7.40. The Morgan fingerprint density at radius 1 is 0.865 bits per heavy atom. The van der Waals surface area contributed by atoms with E-state index < -0.39 is 23.7 Å². The third kappa shape index (κ3) is 5.39. The van der Waals surface area contributed by atoms with Crippen molar-refractivity contribution in [3.05, 3.63) is 99.7 Å². The van der Waals surface area contributed by atoms with Crippen molar-refractivity contribution in [1.29, 1.82) is 0 Å². The van der Waals surface area contributed by atoms with Crippen LogP contribution in [0.15, 0.2) is 77.5 Å². The van der Waals surface area contributed by atoms with Crippen molar-refractivity contribution in [2.75, 3.05) is 22.1 Å². The molecule has 0 bridgehead atoms. The van der Waals surface area contributed by atoms with E-state index in [0.717, 1.165) is 16.0 Å². The second kappa shape index (κ2) is 10.7. The number of nitrogens with one attached hydrogen (secondary N) is 2. The summed E-state index contributed by atoms with van der Waals surface area (Å²) in [7, 11) is 0. The Morgan fingerprint density at radius 3 is 2.27 bits per heavy atom. The highest BCUT2D eigenvalue weighted by molar-refractivity contribution is 6.53. The Hall–Kier alpha value is -4.43. The molecule has 0 fully saturated rings. The van der Waals surface area contributed by atoms with E-state index in [1.54, 1.807) is 61.5 Å². The maximum Gasteiger partial charge on any atom is 0.338 e. The minimum atomic E-state index is -0.613. The molecule has 1 aliphatic rings. The molecule has 3 amide bonds. The van der Waals surface area contributed by atoms with Gasteiger partial charge in [0.1, 0.15) is 10.7 Å². The van der Waals surface area contributed by atoms with Crippen LogP contribution in [0.4, 0.5) is 17.1 Å². The highest BCUT2D eigenvalue weighted by atomic mass is 35.5. The number of nitrogens with zero attached hydrogens (tertiary/aromatic N) is 1. The van der Waals surface area contributed by atoms with Gasteiger partial charge in [0, 0.05) is 16.9 Å². The number of anilines is 3. The van der Waals surface area contributed by atoms with E-state index in [2.05, 4.69) is 10.6 Å². The molecule has 0 aliphatic carbocycles. The van der Waals surface area contributed by atoms with Gasteiger partial charge in [-0.05, 0) is 86.5 Å². The van der Waals surface area contributed by atoms with Crippen molar-refractivity contribution in [3.8, 4) is 0 Å². The van der Waals surface area contributed by atoms with Gasteiger partial charge < -0.3 is 15.4 Å². The Bertz CT molecular complexity index is 1450. The fraction of sp³-hybridized carbons (Fsp3) is 0.143. The molecular weight excluding hydrogens is 494 g/mol. The minimum Gasteiger partial charge on any atom is -0.462 e. The summed E-state index contributed by atoms with van der Waals surface area (Å²) >= 11 is 6.22. The molecule has 4 rings (SSSR count). The number of halogens is 1. The summed E-state index contributed by atoms with van der Waals surface area (Å²) in [6.45, 7) is 5.80. The average Bonchev–Trinajstić information content (AvgIpc) is 3.09. The van der Waals surface area contributed by atoms with Crippen molar-refractivity contribution in [1.82, 2.24) is 0 Å². The van der Waals surface area contributed by atoms with Crippen molar-refractivity contribution >= 4 is 52.4 Å². The molecule has 0 saturated carbocycles. The van der Waals surface area contributed by atoms with Gasteiger partial charge in [-0.15, -0.1) is 0 Å². The van der Waals surface area contributed by atoms with Gasteiger partial charge in [0.25, 0.3) is 17.7 Å². The predicted molar refractivity (Wildman–Crippen MR) is 142 cm³/mol. The lowest BCUT2D eigenvalue weighted by atomic mass is 10.1. The van der Waals surface area contributed by atoms with E-state index >= 15 is 0 Å². The van der Waals surface area contributed by atoms with Gasteiger partial charge in [-0.3, -0.25) is 14.4 Å². The Labute approximate surface area is 218 Å². The molecular formula is C28H24ClN3O5. The number of esters is 1. The quantitative estimate of drug-likeness (QED) is 0.331. The minimum absolute atomic E-state index is 0.0436. The van der Waals surface area contributed by atoms with Crippen molar-refractivity contribution < 1.29 is 23.9 Å². The number of aryl methyl sites for hydroxylation is 2. The van der Waals surface area contributed by atoms with E-state index in [9.17, 15) is 19.2 Å². The number of carbonyl (C=O) groups is 4. The van der Waals surface area contributed by atoms with Crippen LogP contribution >= 0.6 is 11.6 Å². The molecule has 0 spiro atoms. The second-order valence-electron chi connectivity index (χ2n) is 8.36. The molecule has 0 saturated heterocycles. The third-order valence-electron chi connectivity index (χ3n) is 5.82. The van der Waals surface area contributed by atoms with Gasteiger partial charge in [-0.25, -0.2) is 9.69 Å². The zero-order valence-corrected chi connectivity index (χ0v) is 21.2. The summed E-state index contributed by atoms with van der Waals surface area (Å²) in [5, 5.41) is 5.42. The normalized spacial score (nSPS) is 13.1. The summed E-state index contributed by atoms with van der Waals surface area (Å²) in [5.41, 5.74) is 3.96. The smallest absolute Gasteiger partial charge is 0.338 e. The number of imide groups is 1. The van der Waals surface area contributed by atoms with Crippen LogP contribution in [0, 0.1) is 13.8 Å². The fourth-order valence-corrected chi connectivity index (χ4v) is 3.91. The van der Waals surface area contributed by atoms with E-state index in [4.69, 9.17) is 16.3 Å². The predicted octanol–water partition coefficient (Wildman–Crippen LogP) is 5.17. The molecule has 9 heteroatoms. The summed E-state index contributed by atoms with van der Waals surface area (Å²) in [6, 6.07) is 18.0. The number of ether oxygens (including phenoxy) is 1. The number of carbonyl (C=O) groups excluding carboxylic acids is 4. The molecule has 0 aromatic heterocycles. The third-order valence-corrected chi connectivity index (χ3v) is 6.17. The SMILES string of the molecule is CCOC(=O)c1cccc(NC(=O)c2ccc(NC3=C(Cl)C(=O)N(c4ccc(C)c(C)c4)C3=O)cc2)c1. The van der Waals surface area contributed by atoms with Crippen LogP contribution in [0.5, 0.6) is 0 Å². The first-order valence-electron chi connectivity index (χ1n) is 11.5. The average molecular weight is 518 g/mol. The molecule has 37 heavy (non-hydrogen) atoms. The van der Waals surface area contributed by atoms with Gasteiger partial charge in [0.15, 0.2) is 0 Å². The molecule has 2 N–H and O–H groups in total. The van der Waals surface area contributed by atoms with Gasteiger partial charge >= 0.3 is 5.97 Å². The molecule has 188 valence electrons.